The molecule has 1 aromatic rings. The molecule has 2 aliphatic rings. The van der Waals surface area contributed by atoms with Crippen molar-refractivity contribution in [2.75, 3.05) is 11.5 Å². The van der Waals surface area contributed by atoms with Gasteiger partial charge in [0, 0.05) is 16.7 Å². The van der Waals surface area contributed by atoms with Crippen LogP contribution in [0.3, 0.4) is 0 Å². The van der Waals surface area contributed by atoms with Gasteiger partial charge in [0.2, 0.25) is 11.8 Å². The fourth-order valence-electron chi connectivity index (χ4n) is 2.48. The Bertz CT molecular complexity index is 871. The average Bonchev–Trinajstić information content (AvgIpc) is 3.15. The molecule has 0 aliphatic carbocycles. The largest absolute Gasteiger partial charge is 0.477 e. The number of aliphatic carboxylic acids is 1. The number of thioether (sulfide) groups is 3. The van der Waals surface area contributed by atoms with E-state index in [1.54, 1.807) is 0 Å². The van der Waals surface area contributed by atoms with Crippen LogP contribution in [0.25, 0.3) is 0 Å². The third-order valence-electron chi connectivity index (χ3n) is 3.61. The van der Waals surface area contributed by atoms with Gasteiger partial charge >= 0.3 is 5.97 Å². The van der Waals surface area contributed by atoms with Crippen molar-refractivity contribution in [1.29, 1.82) is 0 Å². The van der Waals surface area contributed by atoms with Gasteiger partial charge in [0.05, 0.1) is 5.75 Å². The number of hydrogen-bond acceptors (Lipinski definition) is 9. The lowest BCUT2D eigenvalue weighted by Gasteiger charge is -2.49. The van der Waals surface area contributed by atoms with Crippen LogP contribution in [0.5, 0.6) is 0 Å². The minimum absolute atomic E-state index is 0.000824. The standard InChI is InChI=1S/C14H14N6O5S3/c15-7(21)1-2-26-4-8(22)18-9-11(23)20-10(13(24)25)6(3-27-12(9)20)28-14-16-5-17-19-14/h1-2,5,9,12H,3-4H2,(H2,15,21)(H,18,22)(H,24,25)(H,16,17,19)/b2-1-/t9-,12-/m1/s1. The number of nitrogens with one attached hydrogen (secondary N) is 2. The van der Waals surface area contributed by atoms with E-state index in [0.29, 0.717) is 15.8 Å². The van der Waals surface area contributed by atoms with Gasteiger partial charge < -0.3 is 21.1 Å². The molecule has 5 N–H and O–H groups in total. The molecule has 3 amide bonds. The molecule has 0 aromatic carbocycles. The number of carbonyl (C=O) groups is 4. The molecule has 0 bridgehead atoms. The van der Waals surface area contributed by atoms with Crippen molar-refractivity contribution in [1.82, 2.24) is 25.4 Å². The number of aromatic nitrogens is 3. The normalized spacial score (nSPS) is 21.4. The smallest absolute Gasteiger partial charge is 0.353 e. The molecule has 28 heavy (non-hydrogen) atoms. The number of carbonyl (C=O) groups excluding carboxylic acids is 3. The summed E-state index contributed by atoms with van der Waals surface area (Å²) in [6, 6.07) is -0.801. The summed E-state index contributed by atoms with van der Waals surface area (Å²) in [7, 11) is 0. The van der Waals surface area contributed by atoms with Gasteiger partial charge in [-0.1, -0.05) is 11.8 Å². The summed E-state index contributed by atoms with van der Waals surface area (Å²) < 4.78 is 0. The van der Waals surface area contributed by atoms with Crippen LogP contribution in [0.2, 0.25) is 0 Å². The molecule has 14 heteroatoms. The molecule has 0 radical (unpaired) electrons. The molecule has 148 valence electrons. The summed E-state index contributed by atoms with van der Waals surface area (Å²) in [6.07, 6.45) is 2.50. The monoisotopic (exact) mass is 442 g/mol. The Morgan fingerprint density at radius 3 is 2.93 bits per heavy atom. The number of β-lactam (4-membered cyclic amide) rings is 1. The molecule has 2 aliphatic heterocycles. The zero-order valence-electron chi connectivity index (χ0n) is 14.0. The van der Waals surface area contributed by atoms with Crippen LogP contribution in [0.1, 0.15) is 0 Å². The summed E-state index contributed by atoms with van der Waals surface area (Å²) in [5, 5.41) is 21.0. The number of nitrogens with two attached hydrogens (primary N) is 1. The third kappa shape index (κ3) is 4.34. The highest BCUT2D eigenvalue weighted by Crippen LogP contribution is 2.44. The summed E-state index contributed by atoms with van der Waals surface area (Å²) >= 11 is 3.51. The van der Waals surface area contributed by atoms with Crippen molar-refractivity contribution in [2.24, 2.45) is 5.73 Å². The highest BCUT2D eigenvalue weighted by atomic mass is 32.2. The first kappa shape index (κ1) is 20.3. The second kappa shape index (κ2) is 8.70. The maximum Gasteiger partial charge on any atom is 0.353 e. The van der Waals surface area contributed by atoms with Crippen LogP contribution >= 0.6 is 35.3 Å². The number of aromatic amines is 1. The molecular formula is C14H14N6O5S3. The quantitative estimate of drug-likeness (QED) is 0.299. The van der Waals surface area contributed by atoms with E-state index in [-0.39, 0.29) is 11.4 Å². The van der Waals surface area contributed by atoms with Crippen LogP contribution in [-0.4, -0.2) is 71.8 Å². The number of carboxylic acid groups (broad SMARTS) is 1. The Labute approximate surface area is 170 Å². The zero-order valence-corrected chi connectivity index (χ0v) is 16.5. The SMILES string of the molecule is NC(=O)/C=C\SCC(=O)N[C@@H]1C(=O)N2C(C(=O)O)=C(Sc3nnc[nH]3)CS[C@H]12. The predicted molar refractivity (Wildman–Crippen MR) is 103 cm³/mol. The number of rotatable bonds is 8. The van der Waals surface area contributed by atoms with Crippen molar-refractivity contribution in [2.45, 2.75) is 16.6 Å². The number of primary amides is 1. The van der Waals surface area contributed by atoms with E-state index in [1.807, 2.05) is 0 Å². The summed E-state index contributed by atoms with van der Waals surface area (Å²) in [6.45, 7) is 0. The van der Waals surface area contributed by atoms with Gasteiger partial charge in [-0.3, -0.25) is 19.3 Å². The minimum Gasteiger partial charge on any atom is -0.477 e. The second-order valence-electron chi connectivity index (χ2n) is 5.44. The second-order valence-corrected chi connectivity index (χ2v) is 8.53. The van der Waals surface area contributed by atoms with Crippen molar-refractivity contribution in [3.63, 3.8) is 0 Å². The number of hydrogen-bond donors (Lipinski definition) is 4. The van der Waals surface area contributed by atoms with Gasteiger partial charge in [0.25, 0.3) is 5.91 Å². The topological polar surface area (TPSA) is 171 Å². The van der Waals surface area contributed by atoms with Gasteiger partial charge in [0.15, 0.2) is 5.16 Å². The van der Waals surface area contributed by atoms with Crippen LogP contribution in [-0.2, 0) is 19.2 Å². The maximum atomic E-state index is 12.5. The average molecular weight is 443 g/mol. The minimum atomic E-state index is -1.22. The van der Waals surface area contributed by atoms with Crippen molar-refractivity contribution < 1.29 is 24.3 Å². The van der Waals surface area contributed by atoms with E-state index in [2.05, 4.69) is 20.5 Å². The van der Waals surface area contributed by atoms with Crippen molar-refractivity contribution >= 4 is 59.0 Å². The lowest BCUT2D eigenvalue weighted by Crippen LogP contribution is -2.70. The summed E-state index contributed by atoms with van der Waals surface area (Å²) in [4.78, 5) is 51.2. The van der Waals surface area contributed by atoms with Crippen LogP contribution in [0.4, 0.5) is 0 Å². The Kier molecular flexibility index (Phi) is 6.31. The number of amides is 3. The van der Waals surface area contributed by atoms with Gasteiger partial charge in [0.1, 0.15) is 23.4 Å². The predicted octanol–water partition coefficient (Wildman–Crippen LogP) is -0.675. The van der Waals surface area contributed by atoms with Gasteiger partial charge in [-0.2, -0.15) is 0 Å². The summed E-state index contributed by atoms with van der Waals surface area (Å²) in [5.41, 5.74) is 4.84. The van der Waals surface area contributed by atoms with Crippen LogP contribution in [0, 0.1) is 0 Å². The number of fused-ring (bicyclic) bond motifs is 1. The first-order valence-electron chi connectivity index (χ1n) is 7.70. The molecule has 11 nitrogen and oxygen atoms in total. The van der Waals surface area contributed by atoms with Crippen LogP contribution in [0.15, 0.2) is 33.6 Å². The first-order chi connectivity index (χ1) is 13.4. The fraction of sp³-hybridized carbons (Fsp3) is 0.286. The molecule has 1 aromatic heterocycles. The molecular weight excluding hydrogens is 428 g/mol. The van der Waals surface area contributed by atoms with E-state index in [4.69, 9.17) is 5.73 Å². The molecule has 3 heterocycles. The van der Waals surface area contributed by atoms with E-state index in [1.165, 1.54) is 28.4 Å². The number of carboxylic acids is 1. The highest BCUT2D eigenvalue weighted by molar-refractivity contribution is 8.06. The zero-order chi connectivity index (χ0) is 20.3. The maximum absolute atomic E-state index is 12.5. The Hall–Kier alpha value is -2.45. The molecule has 1 saturated heterocycles. The summed E-state index contributed by atoms with van der Waals surface area (Å²) in [5.74, 6) is -2.39. The molecule has 0 saturated carbocycles. The van der Waals surface area contributed by atoms with Crippen molar-refractivity contribution in [3.8, 4) is 0 Å². The van der Waals surface area contributed by atoms with E-state index < -0.39 is 35.1 Å². The first-order valence-corrected chi connectivity index (χ1v) is 10.6. The number of H-pyrrole nitrogens is 1. The lowest BCUT2D eigenvalue weighted by atomic mass is 10.1. The van der Waals surface area contributed by atoms with Gasteiger partial charge in [-0.05, 0) is 5.41 Å². The van der Waals surface area contributed by atoms with E-state index >= 15 is 0 Å². The fourth-order valence-corrected chi connectivity index (χ4v) is 5.39. The van der Waals surface area contributed by atoms with Gasteiger partial charge in [-0.25, -0.2) is 4.79 Å². The van der Waals surface area contributed by atoms with E-state index in [9.17, 15) is 24.3 Å². The third-order valence-corrected chi connectivity index (χ3v) is 6.81. The van der Waals surface area contributed by atoms with E-state index in [0.717, 1.165) is 29.6 Å². The Morgan fingerprint density at radius 2 is 2.29 bits per heavy atom. The molecule has 0 unspecified atom stereocenters. The molecule has 1 fully saturated rings. The van der Waals surface area contributed by atoms with Crippen molar-refractivity contribution in [3.05, 3.63) is 28.4 Å². The number of nitrogens with zero attached hydrogens (tertiary/aromatic N) is 3. The Morgan fingerprint density at radius 1 is 1.50 bits per heavy atom. The lowest BCUT2D eigenvalue weighted by molar-refractivity contribution is -0.150. The molecule has 3 rings (SSSR count). The van der Waals surface area contributed by atoms with Crippen LogP contribution < -0.4 is 11.1 Å². The molecule has 2 atom stereocenters. The highest BCUT2D eigenvalue weighted by Gasteiger charge is 2.54. The Balaban J connectivity index is 1.65. The van der Waals surface area contributed by atoms with Gasteiger partial charge in [-0.15, -0.1) is 33.7 Å². The molecule has 0 spiro atoms.